The average molecular weight is 276 g/mol. The van der Waals surface area contributed by atoms with Crippen LogP contribution in [-0.2, 0) is 4.74 Å². The molecule has 4 heteroatoms. The van der Waals surface area contributed by atoms with Crippen molar-refractivity contribution in [3.05, 3.63) is 30.3 Å². The number of piperidine rings is 1. The van der Waals surface area contributed by atoms with Gasteiger partial charge in [-0.2, -0.15) is 0 Å². The molecule has 1 unspecified atom stereocenters. The Morgan fingerprint density at radius 2 is 2.00 bits per heavy atom. The summed E-state index contributed by atoms with van der Waals surface area (Å²) >= 11 is 0. The maximum absolute atomic E-state index is 12.5. The number of para-hydroxylation sites is 1. The van der Waals surface area contributed by atoms with Crippen LogP contribution in [-0.4, -0.2) is 30.8 Å². The van der Waals surface area contributed by atoms with Gasteiger partial charge in [0.05, 0.1) is 6.04 Å². The summed E-state index contributed by atoms with van der Waals surface area (Å²) in [6, 6.07) is 9.92. The van der Waals surface area contributed by atoms with E-state index < -0.39 is 5.60 Å². The van der Waals surface area contributed by atoms with Crippen LogP contribution < -0.4 is 10.2 Å². The Kier molecular flexibility index (Phi) is 4.65. The van der Waals surface area contributed by atoms with Gasteiger partial charge in [0.1, 0.15) is 5.60 Å². The van der Waals surface area contributed by atoms with E-state index in [-0.39, 0.29) is 12.1 Å². The zero-order valence-electron chi connectivity index (χ0n) is 12.6. The number of hydrogen-bond donors (Lipinski definition) is 1. The van der Waals surface area contributed by atoms with Crippen molar-refractivity contribution in [3.8, 4) is 0 Å². The van der Waals surface area contributed by atoms with Gasteiger partial charge < -0.3 is 10.1 Å². The molecule has 2 rings (SSSR count). The van der Waals surface area contributed by atoms with Crippen molar-refractivity contribution in [2.75, 3.05) is 18.0 Å². The standard InChI is InChI=1S/C16H24N2O2/c1-16(2,3)20-15(19)18(13-8-5-4-6-9-13)14-10-7-11-17-12-14/h4-6,8-9,14,17H,7,10-12H2,1-3H3. The van der Waals surface area contributed by atoms with Crippen LogP contribution in [0.15, 0.2) is 30.3 Å². The van der Waals surface area contributed by atoms with Gasteiger partial charge in [0, 0.05) is 12.2 Å². The topological polar surface area (TPSA) is 41.6 Å². The maximum atomic E-state index is 12.5. The van der Waals surface area contributed by atoms with Crippen LogP contribution in [0, 0.1) is 0 Å². The molecule has 20 heavy (non-hydrogen) atoms. The lowest BCUT2D eigenvalue weighted by Gasteiger charge is -2.35. The number of nitrogens with one attached hydrogen (secondary N) is 1. The van der Waals surface area contributed by atoms with Crippen LogP contribution in [0.3, 0.4) is 0 Å². The molecule has 0 radical (unpaired) electrons. The van der Waals surface area contributed by atoms with Crippen LogP contribution in [0.4, 0.5) is 10.5 Å². The molecule has 1 atom stereocenters. The predicted molar refractivity (Wildman–Crippen MR) is 81.0 cm³/mol. The molecule has 1 aliphatic heterocycles. The highest BCUT2D eigenvalue weighted by atomic mass is 16.6. The SMILES string of the molecule is CC(C)(C)OC(=O)N(c1ccccc1)C1CCCNC1. The van der Waals surface area contributed by atoms with Gasteiger partial charge in [0.15, 0.2) is 0 Å². The number of rotatable bonds is 2. The summed E-state index contributed by atoms with van der Waals surface area (Å²) in [7, 11) is 0. The quantitative estimate of drug-likeness (QED) is 0.902. The molecule has 1 aromatic carbocycles. The van der Waals surface area contributed by atoms with Crippen molar-refractivity contribution >= 4 is 11.8 Å². The minimum Gasteiger partial charge on any atom is -0.443 e. The highest BCUT2D eigenvalue weighted by Gasteiger charge is 2.30. The molecule has 1 saturated heterocycles. The van der Waals surface area contributed by atoms with Gasteiger partial charge >= 0.3 is 6.09 Å². The summed E-state index contributed by atoms with van der Waals surface area (Å²) in [5.41, 5.74) is 0.419. The second kappa shape index (κ2) is 6.27. The largest absolute Gasteiger partial charge is 0.443 e. The van der Waals surface area contributed by atoms with E-state index in [9.17, 15) is 4.79 Å². The Labute approximate surface area is 121 Å². The molecule has 0 bridgehead atoms. The molecule has 1 fully saturated rings. The van der Waals surface area contributed by atoms with Crippen LogP contribution in [0.2, 0.25) is 0 Å². The van der Waals surface area contributed by atoms with E-state index in [4.69, 9.17) is 4.74 Å². The van der Waals surface area contributed by atoms with Crippen molar-refractivity contribution in [1.82, 2.24) is 5.32 Å². The molecule has 0 aromatic heterocycles. The third kappa shape index (κ3) is 3.97. The van der Waals surface area contributed by atoms with E-state index in [0.717, 1.165) is 31.6 Å². The molecule has 0 spiro atoms. The summed E-state index contributed by atoms with van der Waals surface area (Å²) < 4.78 is 5.57. The second-order valence-corrected chi connectivity index (χ2v) is 6.19. The molecule has 0 aliphatic carbocycles. The summed E-state index contributed by atoms with van der Waals surface area (Å²) in [6.45, 7) is 7.52. The summed E-state index contributed by atoms with van der Waals surface area (Å²) in [5, 5.41) is 3.35. The molecule has 0 saturated carbocycles. The summed E-state index contributed by atoms with van der Waals surface area (Å²) in [4.78, 5) is 14.3. The van der Waals surface area contributed by atoms with Crippen LogP contribution in [0.5, 0.6) is 0 Å². The molecular formula is C16H24N2O2. The zero-order valence-corrected chi connectivity index (χ0v) is 12.6. The molecule has 110 valence electrons. The van der Waals surface area contributed by atoms with E-state index in [2.05, 4.69) is 5.32 Å². The third-order valence-electron chi connectivity index (χ3n) is 3.26. The lowest BCUT2D eigenvalue weighted by atomic mass is 10.1. The lowest BCUT2D eigenvalue weighted by molar-refractivity contribution is 0.0560. The van der Waals surface area contributed by atoms with Gasteiger partial charge in [-0.05, 0) is 52.3 Å². The van der Waals surface area contributed by atoms with E-state index in [1.807, 2.05) is 51.1 Å². The third-order valence-corrected chi connectivity index (χ3v) is 3.26. The van der Waals surface area contributed by atoms with Crippen molar-refractivity contribution in [2.45, 2.75) is 45.3 Å². The molecule has 1 N–H and O–H groups in total. The normalized spacial score (nSPS) is 19.4. The maximum Gasteiger partial charge on any atom is 0.415 e. The number of hydrogen-bond acceptors (Lipinski definition) is 3. The number of carbonyl (C=O) groups excluding carboxylic acids is 1. The number of carbonyl (C=O) groups is 1. The predicted octanol–water partition coefficient (Wildman–Crippen LogP) is 3.18. The number of amides is 1. The van der Waals surface area contributed by atoms with Crippen molar-refractivity contribution in [1.29, 1.82) is 0 Å². The fourth-order valence-corrected chi connectivity index (χ4v) is 2.42. The fourth-order valence-electron chi connectivity index (χ4n) is 2.42. The summed E-state index contributed by atoms with van der Waals surface area (Å²) in [5.74, 6) is 0. The first-order valence-electron chi connectivity index (χ1n) is 7.25. The highest BCUT2D eigenvalue weighted by molar-refractivity contribution is 5.88. The van der Waals surface area contributed by atoms with Crippen molar-refractivity contribution < 1.29 is 9.53 Å². The number of ether oxygens (including phenoxy) is 1. The Bertz CT molecular complexity index is 434. The molecule has 1 amide bonds. The molecule has 1 heterocycles. The van der Waals surface area contributed by atoms with Gasteiger partial charge in [0.25, 0.3) is 0 Å². The van der Waals surface area contributed by atoms with E-state index >= 15 is 0 Å². The Hall–Kier alpha value is -1.55. The summed E-state index contributed by atoms with van der Waals surface area (Å²) in [6.07, 6.45) is 1.81. The van der Waals surface area contributed by atoms with Gasteiger partial charge in [-0.3, -0.25) is 4.90 Å². The Balaban J connectivity index is 2.22. The zero-order chi connectivity index (χ0) is 14.6. The van der Waals surface area contributed by atoms with E-state index in [1.54, 1.807) is 4.90 Å². The molecule has 4 nitrogen and oxygen atoms in total. The van der Waals surface area contributed by atoms with Gasteiger partial charge in [0.2, 0.25) is 0 Å². The van der Waals surface area contributed by atoms with Crippen LogP contribution in [0.25, 0.3) is 0 Å². The molecule has 1 aromatic rings. The monoisotopic (exact) mass is 276 g/mol. The first-order valence-corrected chi connectivity index (χ1v) is 7.25. The minimum atomic E-state index is -0.480. The lowest BCUT2D eigenvalue weighted by Crippen LogP contribution is -2.50. The smallest absolute Gasteiger partial charge is 0.415 e. The number of anilines is 1. The van der Waals surface area contributed by atoms with E-state index in [1.165, 1.54) is 0 Å². The van der Waals surface area contributed by atoms with Gasteiger partial charge in [-0.15, -0.1) is 0 Å². The van der Waals surface area contributed by atoms with Crippen molar-refractivity contribution in [3.63, 3.8) is 0 Å². The first-order chi connectivity index (χ1) is 9.47. The van der Waals surface area contributed by atoms with Gasteiger partial charge in [-0.25, -0.2) is 4.79 Å². The second-order valence-electron chi connectivity index (χ2n) is 6.19. The van der Waals surface area contributed by atoms with E-state index in [0.29, 0.717) is 0 Å². The van der Waals surface area contributed by atoms with Gasteiger partial charge in [-0.1, -0.05) is 18.2 Å². The Morgan fingerprint density at radius 3 is 2.55 bits per heavy atom. The first kappa shape index (κ1) is 14.9. The van der Waals surface area contributed by atoms with Crippen LogP contribution >= 0.6 is 0 Å². The molecular weight excluding hydrogens is 252 g/mol. The minimum absolute atomic E-state index is 0.154. The fraction of sp³-hybridized carbons (Fsp3) is 0.562. The number of nitrogens with zero attached hydrogens (tertiary/aromatic N) is 1. The Morgan fingerprint density at radius 1 is 1.30 bits per heavy atom. The number of benzene rings is 1. The molecule has 1 aliphatic rings. The van der Waals surface area contributed by atoms with Crippen LogP contribution in [0.1, 0.15) is 33.6 Å². The van der Waals surface area contributed by atoms with Crippen molar-refractivity contribution in [2.24, 2.45) is 0 Å². The average Bonchev–Trinajstić information content (AvgIpc) is 2.39. The highest BCUT2D eigenvalue weighted by Crippen LogP contribution is 2.23.